The number of nitrogens with one attached hydrogen (secondary N) is 1. The molecule has 8 nitrogen and oxygen atoms in total. The Morgan fingerprint density at radius 1 is 1.44 bits per heavy atom. The molecule has 1 rings (SSSR count). The van der Waals surface area contributed by atoms with Crippen LogP contribution < -0.4 is 5.43 Å². The molecule has 1 heterocycles. The summed E-state index contributed by atoms with van der Waals surface area (Å²) in [6.45, 7) is -1.08. The predicted octanol–water partition coefficient (Wildman–Crippen LogP) is -1.60. The minimum Gasteiger partial charge on any atom is -0.480 e. The zero-order valence-electron chi connectivity index (χ0n) is 8.12. The second-order valence-electron chi connectivity index (χ2n) is 2.93. The second kappa shape index (κ2) is 5.24. The SMILES string of the molecule is O=C(O)COC1C=CC(=O)N(CC(=O)O)N1. The first-order chi connectivity index (χ1) is 7.49. The first kappa shape index (κ1) is 12.1. The van der Waals surface area contributed by atoms with Gasteiger partial charge in [-0.3, -0.25) is 14.6 Å². The third-order valence-corrected chi connectivity index (χ3v) is 1.64. The van der Waals surface area contributed by atoms with Crippen LogP contribution in [0.2, 0.25) is 0 Å². The van der Waals surface area contributed by atoms with Crippen molar-refractivity contribution in [3.8, 4) is 0 Å². The van der Waals surface area contributed by atoms with Crippen LogP contribution in [0.5, 0.6) is 0 Å². The Kier molecular flexibility index (Phi) is 3.97. The summed E-state index contributed by atoms with van der Waals surface area (Å²) in [6.07, 6.45) is 1.60. The summed E-state index contributed by atoms with van der Waals surface area (Å²) in [4.78, 5) is 31.8. The van der Waals surface area contributed by atoms with E-state index >= 15 is 0 Å². The Hall–Kier alpha value is -1.93. The van der Waals surface area contributed by atoms with Gasteiger partial charge in [-0.15, -0.1) is 0 Å². The highest BCUT2D eigenvalue weighted by Gasteiger charge is 2.22. The number of ether oxygens (including phenoxy) is 1. The third kappa shape index (κ3) is 3.67. The summed E-state index contributed by atoms with van der Waals surface area (Å²) in [7, 11) is 0. The van der Waals surface area contributed by atoms with E-state index in [0.29, 0.717) is 0 Å². The van der Waals surface area contributed by atoms with Gasteiger partial charge in [0.15, 0.2) is 0 Å². The van der Waals surface area contributed by atoms with Crippen molar-refractivity contribution in [3.05, 3.63) is 12.2 Å². The van der Waals surface area contributed by atoms with E-state index in [1.807, 2.05) is 0 Å². The number of hydrogen-bond donors (Lipinski definition) is 3. The van der Waals surface area contributed by atoms with Gasteiger partial charge in [-0.2, -0.15) is 5.43 Å². The largest absolute Gasteiger partial charge is 0.480 e. The summed E-state index contributed by atoms with van der Waals surface area (Å²) in [5.41, 5.74) is 2.42. The van der Waals surface area contributed by atoms with Crippen molar-refractivity contribution in [1.82, 2.24) is 10.4 Å². The van der Waals surface area contributed by atoms with Crippen molar-refractivity contribution in [1.29, 1.82) is 0 Å². The maximum Gasteiger partial charge on any atom is 0.329 e. The van der Waals surface area contributed by atoms with E-state index in [1.165, 1.54) is 6.08 Å². The molecule has 0 saturated heterocycles. The Morgan fingerprint density at radius 3 is 2.69 bits per heavy atom. The minimum absolute atomic E-state index is 0.530. The van der Waals surface area contributed by atoms with Gasteiger partial charge in [0.05, 0.1) is 0 Å². The molecule has 0 fully saturated rings. The van der Waals surface area contributed by atoms with E-state index in [4.69, 9.17) is 14.9 Å². The lowest BCUT2D eigenvalue weighted by Gasteiger charge is -2.28. The number of hydrogen-bond acceptors (Lipinski definition) is 5. The number of nitrogens with zero attached hydrogens (tertiary/aromatic N) is 1. The summed E-state index contributed by atoms with van der Waals surface area (Å²) in [5, 5.41) is 17.7. The summed E-state index contributed by atoms with van der Waals surface area (Å²) >= 11 is 0. The first-order valence-electron chi connectivity index (χ1n) is 4.30. The van der Waals surface area contributed by atoms with Crippen LogP contribution in [0, 0.1) is 0 Å². The van der Waals surface area contributed by atoms with E-state index in [1.54, 1.807) is 0 Å². The predicted molar refractivity (Wildman–Crippen MR) is 49.0 cm³/mol. The van der Waals surface area contributed by atoms with Gasteiger partial charge in [-0.1, -0.05) is 0 Å². The van der Waals surface area contributed by atoms with Gasteiger partial charge < -0.3 is 14.9 Å². The standard InChI is InChI=1S/C8H10N2O6/c11-6-2-1-5(16-4-8(14)15)9-10(6)3-7(12)13/h1-2,5,9H,3-4H2,(H,12,13)(H,14,15). The lowest BCUT2D eigenvalue weighted by Crippen LogP contribution is -2.53. The fraction of sp³-hybridized carbons (Fsp3) is 0.375. The highest BCUT2D eigenvalue weighted by Crippen LogP contribution is 2.01. The van der Waals surface area contributed by atoms with Gasteiger partial charge in [0.2, 0.25) is 0 Å². The summed E-state index contributed by atoms with van der Waals surface area (Å²) in [6, 6.07) is 0. The molecule has 3 N–H and O–H groups in total. The van der Waals surface area contributed by atoms with E-state index in [0.717, 1.165) is 11.1 Å². The number of aliphatic carboxylic acids is 2. The molecular formula is C8H10N2O6. The van der Waals surface area contributed by atoms with Crippen LogP contribution in [0.15, 0.2) is 12.2 Å². The minimum atomic E-state index is -1.19. The highest BCUT2D eigenvalue weighted by molar-refractivity contribution is 5.90. The second-order valence-corrected chi connectivity index (χ2v) is 2.93. The summed E-state index contributed by atoms with van der Waals surface area (Å²) in [5.74, 6) is -2.87. The molecular weight excluding hydrogens is 220 g/mol. The lowest BCUT2D eigenvalue weighted by atomic mass is 10.3. The number of amides is 1. The Balaban J connectivity index is 2.52. The van der Waals surface area contributed by atoms with Crippen LogP contribution in [-0.4, -0.2) is 52.4 Å². The van der Waals surface area contributed by atoms with Crippen molar-refractivity contribution in [2.75, 3.05) is 13.2 Å². The highest BCUT2D eigenvalue weighted by atomic mass is 16.5. The molecule has 1 aliphatic rings. The number of carbonyl (C=O) groups is 3. The normalized spacial score (nSPS) is 19.9. The van der Waals surface area contributed by atoms with Crippen molar-refractivity contribution in [2.45, 2.75) is 6.23 Å². The zero-order chi connectivity index (χ0) is 12.1. The fourth-order valence-corrected chi connectivity index (χ4v) is 1.03. The lowest BCUT2D eigenvalue weighted by molar-refractivity contribution is -0.152. The van der Waals surface area contributed by atoms with Crippen LogP contribution in [0.3, 0.4) is 0 Å². The smallest absolute Gasteiger partial charge is 0.329 e. The van der Waals surface area contributed by atoms with Gasteiger partial charge in [0.25, 0.3) is 5.91 Å². The van der Waals surface area contributed by atoms with Crippen LogP contribution in [0.25, 0.3) is 0 Å². The number of carboxylic acids is 2. The first-order valence-corrected chi connectivity index (χ1v) is 4.30. The van der Waals surface area contributed by atoms with Crippen LogP contribution in [-0.2, 0) is 19.1 Å². The van der Waals surface area contributed by atoms with E-state index in [2.05, 4.69) is 5.43 Å². The topological polar surface area (TPSA) is 116 Å². The molecule has 0 aliphatic carbocycles. The number of rotatable bonds is 5. The van der Waals surface area contributed by atoms with Crippen molar-refractivity contribution < 1.29 is 29.3 Å². The monoisotopic (exact) mass is 230 g/mol. The Bertz CT molecular complexity index is 339. The average Bonchev–Trinajstić information content (AvgIpc) is 2.18. The van der Waals surface area contributed by atoms with Crippen LogP contribution in [0.1, 0.15) is 0 Å². The fourth-order valence-electron chi connectivity index (χ4n) is 1.03. The van der Waals surface area contributed by atoms with E-state index < -0.39 is 37.2 Å². The Labute approximate surface area is 90.1 Å². The van der Waals surface area contributed by atoms with Crippen molar-refractivity contribution >= 4 is 17.8 Å². The van der Waals surface area contributed by atoms with Gasteiger partial charge >= 0.3 is 11.9 Å². The van der Waals surface area contributed by atoms with Gasteiger partial charge in [-0.25, -0.2) is 4.79 Å². The van der Waals surface area contributed by atoms with Crippen molar-refractivity contribution in [3.63, 3.8) is 0 Å². The maximum atomic E-state index is 11.2. The Morgan fingerprint density at radius 2 is 2.12 bits per heavy atom. The zero-order valence-corrected chi connectivity index (χ0v) is 8.12. The molecule has 0 bridgehead atoms. The molecule has 0 aromatic heterocycles. The molecule has 88 valence electrons. The van der Waals surface area contributed by atoms with E-state index in [-0.39, 0.29) is 0 Å². The van der Waals surface area contributed by atoms with Gasteiger partial charge in [0.1, 0.15) is 19.4 Å². The van der Waals surface area contributed by atoms with Crippen LogP contribution in [0.4, 0.5) is 0 Å². The van der Waals surface area contributed by atoms with Gasteiger partial charge in [0, 0.05) is 6.08 Å². The number of carbonyl (C=O) groups excluding carboxylic acids is 1. The maximum absolute atomic E-state index is 11.2. The molecule has 0 spiro atoms. The molecule has 1 amide bonds. The molecule has 16 heavy (non-hydrogen) atoms. The van der Waals surface area contributed by atoms with Crippen molar-refractivity contribution in [2.24, 2.45) is 0 Å². The third-order valence-electron chi connectivity index (χ3n) is 1.64. The van der Waals surface area contributed by atoms with Gasteiger partial charge in [-0.05, 0) is 6.08 Å². The quantitative estimate of drug-likeness (QED) is 0.520. The number of hydrazine groups is 1. The molecule has 1 atom stereocenters. The van der Waals surface area contributed by atoms with E-state index in [9.17, 15) is 14.4 Å². The van der Waals surface area contributed by atoms with Crippen LogP contribution >= 0.6 is 0 Å². The molecule has 8 heteroatoms. The molecule has 1 unspecified atom stereocenters. The molecule has 0 radical (unpaired) electrons. The molecule has 0 saturated carbocycles. The molecule has 1 aliphatic heterocycles. The molecule has 0 aromatic rings. The average molecular weight is 230 g/mol. The molecule has 0 aromatic carbocycles. The summed E-state index contributed by atoms with van der Waals surface area (Å²) < 4.78 is 4.82. The number of carboxylic acid groups (broad SMARTS) is 2.